The molecule has 6 rings (SSSR count). The van der Waals surface area contributed by atoms with Crippen molar-refractivity contribution in [3.63, 3.8) is 0 Å². The minimum Gasteiger partial charge on any atom is -0.378 e. The van der Waals surface area contributed by atoms with E-state index in [1.807, 2.05) is 30.3 Å². The van der Waals surface area contributed by atoms with Crippen LogP contribution in [-0.4, -0.2) is 20.1 Å². The molecule has 0 radical (unpaired) electrons. The number of hydrogen-bond donors (Lipinski definition) is 2. The van der Waals surface area contributed by atoms with Gasteiger partial charge in [0.2, 0.25) is 0 Å². The average molecular weight is 548 g/mol. The van der Waals surface area contributed by atoms with Crippen molar-refractivity contribution in [2.45, 2.75) is 38.5 Å². The van der Waals surface area contributed by atoms with Crippen LogP contribution in [0.3, 0.4) is 0 Å². The summed E-state index contributed by atoms with van der Waals surface area (Å²) in [6, 6.07) is 20.1. The average Bonchev–Trinajstić information content (AvgIpc) is 3.34. The molecular weight excluding hydrogens is 522 g/mol. The number of aromatic nitrogens is 3. The van der Waals surface area contributed by atoms with Gasteiger partial charge in [0, 0.05) is 29.0 Å². The van der Waals surface area contributed by atoms with E-state index in [0.29, 0.717) is 18.9 Å². The van der Waals surface area contributed by atoms with Crippen LogP contribution in [-0.2, 0) is 25.7 Å². The molecule has 0 saturated carbocycles. The van der Waals surface area contributed by atoms with Crippen LogP contribution < -0.4 is 10.6 Å². The molecule has 0 saturated heterocycles. The van der Waals surface area contributed by atoms with Crippen molar-refractivity contribution in [1.82, 2.24) is 14.2 Å². The molecule has 2 aromatic heterocycles. The van der Waals surface area contributed by atoms with Crippen LogP contribution >= 0.6 is 0 Å². The van der Waals surface area contributed by atoms with E-state index in [-0.39, 0.29) is 17.2 Å². The van der Waals surface area contributed by atoms with Gasteiger partial charge in [-0.3, -0.25) is 4.79 Å². The van der Waals surface area contributed by atoms with Crippen LogP contribution in [0.2, 0.25) is 0 Å². The first-order chi connectivity index (χ1) is 19.3. The highest BCUT2D eigenvalue weighted by molar-refractivity contribution is 6.09. The summed E-state index contributed by atoms with van der Waals surface area (Å²) in [5, 5.41) is 10.8. The van der Waals surface area contributed by atoms with Crippen LogP contribution in [0.5, 0.6) is 0 Å². The summed E-state index contributed by atoms with van der Waals surface area (Å²) in [5.41, 5.74) is 3.50. The second kappa shape index (κ2) is 10.2. The van der Waals surface area contributed by atoms with Crippen molar-refractivity contribution in [3.8, 4) is 11.1 Å². The highest BCUT2D eigenvalue weighted by atomic mass is 19.4. The zero-order chi connectivity index (χ0) is 27.9. The number of rotatable bonds is 6. The van der Waals surface area contributed by atoms with Gasteiger partial charge in [0.05, 0.1) is 12.1 Å². The number of hydrogen-bond acceptors (Lipinski definition) is 3. The molecule has 204 valence electrons. The Balaban J connectivity index is 1.46. The Morgan fingerprint density at radius 1 is 0.925 bits per heavy atom. The van der Waals surface area contributed by atoms with Crippen molar-refractivity contribution in [2.24, 2.45) is 0 Å². The van der Waals surface area contributed by atoms with E-state index in [2.05, 4.69) is 15.2 Å². The molecule has 0 aliphatic carbocycles. The largest absolute Gasteiger partial charge is 0.416 e. The molecule has 0 unspecified atom stereocenters. The van der Waals surface area contributed by atoms with Crippen molar-refractivity contribution in [3.05, 3.63) is 107 Å². The summed E-state index contributed by atoms with van der Waals surface area (Å²) >= 11 is 0. The molecule has 0 atom stereocenters. The van der Waals surface area contributed by atoms with E-state index in [9.17, 15) is 22.4 Å². The lowest BCUT2D eigenvalue weighted by Crippen LogP contribution is -2.17. The van der Waals surface area contributed by atoms with Crippen molar-refractivity contribution < 1.29 is 22.4 Å². The van der Waals surface area contributed by atoms with Crippen molar-refractivity contribution in [2.75, 3.05) is 10.6 Å². The Bertz CT molecular complexity index is 1690. The number of anilines is 2. The predicted molar refractivity (Wildman–Crippen MR) is 145 cm³/mol. The van der Waals surface area contributed by atoms with E-state index in [4.69, 9.17) is 5.10 Å². The van der Waals surface area contributed by atoms with Crippen LogP contribution in [0.1, 0.15) is 40.3 Å². The fourth-order valence-corrected chi connectivity index (χ4v) is 5.27. The second-order valence-electron chi connectivity index (χ2n) is 9.72. The summed E-state index contributed by atoms with van der Waals surface area (Å²) in [7, 11) is 0. The fourth-order valence-electron chi connectivity index (χ4n) is 5.27. The molecule has 6 nitrogen and oxygen atoms in total. The third-order valence-corrected chi connectivity index (χ3v) is 7.08. The van der Waals surface area contributed by atoms with Crippen LogP contribution in [0.4, 0.5) is 28.9 Å². The SMILES string of the molecule is O=C(Nc1cccc(C(F)(F)F)c1)c1c(-c2ccccc2)c2c3n(c(CNc4ccc(F)cc4)nn13)CCCC2. The van der Waals surface area contributed by atoms with E-state index in [1.54, 1.807) is 16.6 Å². The molecule has 1 amide bonds. The van der Waals surface area contributed by atoms with Crippen LogP contribution in [0, 0.1) is 5.82 Å². The van der Waals surface area contributed by atoms with Gasteiger partial charge in [-0.15, -0.1) is 0 Å². The van der Waals surface area contributed by atoms with Crippen molar-refractivity contribution >= 4 is 22.9 Å². The summed E-state index contributed by atoms with van der Waals surface area (Å²) in [5.74, 6) is -0.195. The van der Waals surface area contributed by atoms with E-state index in [1.165, 1.54) is 24.3 Å². The Labute approximate surface area is 227 Å². The molecule has 5 aromatic rings. The summed E-state index contributed by atoms with van der Waals surface area (Å²) in [6.07, 6.45) is -1.99. The molecule has 10 heteroatoms. The standard InChI is InChI=1S/C30H25F4N5O/c31-21-12-14-22(15-13-21)35-18-25-37-39-27(28(40)36-23-10-6-9-20(17-23)30(32,33)34)26(19-7-2-1-3-8-19)24-11-4-5-16-38(25)29(24)39/h1-3,6-10,12-15,17,35H,4-5,11,16,18H2,(H,36,40). The summed E-state index contributed by atoms with van der Waals surface area (Å²) in [4.78, 5) is 13.8. The van der Waals surface area contributed by atoms with Gasteiger partial charge in [0.15, 0.2) is 5.82 Å². The van der Waals surface area contributed by atoms with Crippen LogP contribution in [0.15, 0.2) is 78.9 Å². The van der Waals surface area contributed by atoms with Gasteiger partial charge in [-0.1, -0.05) is 36.4 Å². The number of aryl methyl sites for hydroxylation is 2. The van der Waals surface area contributed by atoms with Gasteiger partial charge >= 0.3 is 6.18 Å². The Morgan fingerprint density at radius 2 is 1.70 bits per heavy atom. The van der Waals surface area contributed by atoms with Gasteiger partial charge in [-0.2, -0.15) is 18.3 Å². The fraction of sp³-hybridized carbons (Fsp3) is 0.200. The Morgan fingerprint density at radius 3 is 2.45 bits per heavy atom. The maximum Gasteiger partial charge on any atom is 0.416 e. The summed E-state index contributed by atoms with van der Waals surface area (Å²) in [6.45, 7) is 1.03. The number of nitrogens with zero attached hydrogens (tertiary/aromatic N) is 3. The predicted octanol–water partition coefficient (Wildman–Crippen LogP) is 7.16. The van der Waals surface area contributed by atoms with Gasteiger partial charge in [0.25, 0.3) is 5.91 Å². The number of halogens is 4. The molecule has 0 fully saturated rings. The first kappa shape index (κ1) is 25.7. The van der Waals surface area contributed by atoms with Gasteiger partial charge in [-0.05, 0) is 67.3 Å². The number of nitrogens with one attached hydrogen (secondary N) is 2. The lowest BCUT2D eigenvalue weighted by molar-refractivity contribution is -0.137. The Kier molecular flexibility index (Phi) is 6.53. The van der Waals surface area contributed by atoms with Gasteiger partial charge < -0.3 is 15.2 Å². The van der Waals surface area contributed by atoms with Crippen molar-refractivity contribution in [1.29, 1.82) is 0 Å². The van der Waals surface area contributed by atoms with Gasteiger partial charge in [-0.25, -0.2) is 8.91 Å². The first-order valence-electron chi connectivity index (χ1n) is 13.0. The highest BCUT2D eigenvalue weighted by Gasteiger charge is 2.32. The van der Waals surface area contributed by atoms with E-state index < -0.39 is 17.6 Å². The molecule has 3 aromatic carbocycles. The molecule has 0 spiro atoms. The maximum atomic E-state index is 13.8. The third kappa shape index (κ3) is 4.81. The molecule has 40 heavy (non-hydrogen) atoms. The number of amides is 1. The molecule has 2 N–H and O–H groups in total. The number of carbonyl (C=O) groups is 1. The molecule has 0 bridgehead atoms. The molecule has 3 heterocycles. The second-order valence-corrected chi connectivity index (χ2v) is 9.72. The lowest BCUT2D eigenvalue weighted by atomic mass is 9.98. The zero-order valence-corrected chi connectivity index (χ0v) is 21.3. The zero-order valence-electron chi connectivity index (χ0n) is 21.3. The van der Waals surface area contributed by atoms with Crippen LogP contribution in [0.25, 0.3) is 16.8 Å². The van der Waals surface area contributed by atoms with E-state index >= 15 is 0 Å². The number of carbonyl (C=O) groups excluding carboxylic acids is 1. The minimum atomic E-state index is -4.53. The first-order valence-corrected chi connectivity index (χ1v) is 13.0. The number of alkyl halides is 3. The minimum absolute atomic E-state index is 0.0417. The summed E-state index contributed by atoms with van der Waals surface area (Å²) < 4.78 is 57.0. The lowest BCUT2D eigenvalue weighted by Gasteiger charge is -2.11. The quantitative estimate of drug-likeness (QED) is 0.222. The van der Waals surface area contributed by atoms with E-state index in [0.717, 1.165) is 59.4 Å². The normalized spacial score (nSPS) is 13.3. The third-order valence-electron chi connectivity index (χ3n) is 7.08. The highest BCUT2D eigenvalue weighted by Crippen LogP contribution is 2.37. The number of benzene rings is 3. The topological polar surface area (TPSA) is 63.4 Å². The Hall–Kier alpha value is -4.60. The molecule has 1 aliphatic heterocycles. The smallest absolute Gasteiger partial charge is 0.378 e. The maximum absolute atomic E-state index is 13.8. The molecular formula is C30H25F4N5O. The monoisotopic (exact) mass is 547 g/mol. The van der Waals surface area contributed by atoms with Gasteiger partial charge in [0.1, 0.15) is 17.2 Å². The molecule has 1 aliphatic rings.